The molecular formula is C22H20N2O3S. The number of nitrogens with one attached hydrogen (secondary N) is 1. The van der Waals surface area contributed by atoms with Crippen molar-refractivity contribution in [3.05, 3.63) is 47.5 Å². The van der Waals surface area contributed by atoms with Crippen LogP contribution in [0.15, 0.2) is 42.5 Å². The smallest absolute Gasteiger partial charge is 0.227 e. The third-order valence-electron chi connectivity index (χ3n) is 4.18. The molecule has 0 saturated heterocycles. The Morgan fingerprint density at radius 3 is 2.75 bits per heavy atom. The number of amides is 1. The maximum absolute atomic E-state index is 12.1. The minimum absolute atomic E-state index is 0.00259. The molecule has 1 heterocycles. The third-order valence-corrected chi connectivity index (χ3v) is 5.20. The van der Waals surface area contributed by atoms with Gasteiger partial charge in [0.05, 0.1) is 30.3 Å². The zero-order valence-corrected chi connectivity index (χ0v) is 16.3. The molecule has 0 unspecified atom stereocenters. The van der Waals surface area contributed by atoms with Crippen molar-refractivity contribution in [3.8, 4) is 29.2 Å². The molecule has 1 aromatic heterocycles. The van der Waals surface area contributed by atoms with Crippen LogP contribution in [0.5, 0.6) is 5.75 Å². The molecule has 142 valence electrons. The van der Waals surface area contributed by atoms with E-state index in [1.165, 1.54) is 11.3 Å². The number of hydrogen-bond acceptors (Lipinski definition) is 5. The lowest BCUT2D eigenvalue weighted by molar-refractivity contribution is -0.124. The van der Waals surface area contributed by atoms with Gasteiger partial charge >= 0.3 is 0 Å². The fourth-order valence-electron chi connectivity index (χ4n) is 2.79. The highest BCUT2D eigenvalue weighted by Crippen LogP contribution is 2.36. The van der Waals surface area contributed by atoms with Gasteiger partial charge in [-0.2, -0.15) is 0 Å². The van der Waals surface area contributed by atoms with E-state index in [0.29, 0.717) is 11.4 Å². The molecule has 28 heavy (non-hydrogen) atoms. The van der Waals surface area contributed by atoms with Crippen LogP contribution in [0.2, 0.25) is 0 Å². The van der Waals surface area contributed by atoms with Crippen molar-refractivity contribution in [2.75, 3.05) is 13.7 Å². The van der Waals surface area contributed by atoms with Gasteiger partial charge < -0.3 is 10.1 Å². The first-order valence-corrected chi connectivity index (χ1v) is 9.67. The number of ketones is 1. The van der Waals surface area contributed by atoms with E-state index in [1.807, 2.05) is 42.5 Å². The molecule has 6 heteroatoms. The topological polar surface area (TPSA) is 68.3 Å². The van der Waals surface area contributed by atoms with Gasteiger partial charge in [-0.15, -0.1) is 23.7 Å². The van der Waals surface area contributed by atoms with Crippen LogP contribution in [0.4, 0.5) is 0 Å². The number of rotatable bonds is 8. The Morgan fingerprint density at radius 2 is 2.04 bits per heavy atom. The van der Waals surface area contributed by atoms with Gasteiger partial charge in [-0.25, -0.2) is 4.98 Å². The second-order valence-electron chi connectivity index (χ2n) is 6.19. The van der Waals surface area contributed by atoms with E-state index in [0.717, 1.165) is 27.1 Å². The number of hydrogen-bond donors (Lipinski definition) is 1. The maximum Gasteiger partial charge on any atom is 0.227 e. The first-order chi connectivity index (χ1) is 13.6. The summed E-state index contributed by atoms with van der Waals surface area (Å²) in [6.07, 6.45) is 5.93. The van der Waals surface area contributed by atoms with Crippen LogP contribution in [-0.4, -0.2) is 30.3 Å². The molecule has 0 bridgehead atoms. The lowest BCUT2D eigenvalue weighted by atomic mass is 10.0. The molecular weight excluding hydrogens is 372 g/mol. The van der Waals surface area contributed by atoms with E-state index < -0.39 is 0 Å². The lowest BCUT2D eigenvalue weighted by Gasteiger charge is -2.08. The molecule has 2 aromatic carbocycles. The number of ether oxygens (including phenoxy) is 1. The summed E-state index contributed by atoms with van der Waals surface area (Å²) in [5, 5.41) is 3.32. The zero-order chi connectivity index (χ0) is 19.9. The molecule has 0 radical (unpaired) electrons. The summed E-state index contributed by atoms with van der Waals surface area (Å²) in [7, 11) is 1.63. The van der Waals surface area contributed by atoms with Crippen molar-refractivity contribution in [3.63, 3.8) is 0 Å². The minimum atomic E-state index is -0.233. The first-order valence-electron chi connectivity index (χ1n) is 8.85. The van der Waals surface area contributed by atoms with E-state index in [9.17, 15) is 9.59 Å². The summed E-state index contributed by atoms with van der Waals surface area (Å²) in [6.45, 7) is -0.00259. The summed E-state index contributed by atoms with van der Waals surface area (Å²) in [5.41, 5.74) is 2.82. The van der Waals surface area contributed by atoms with Crippen molar-refractivity contribution in [2.45, 2.75) is 19.3 Å². The number of carbonyl (C=O) groups excluding carboxylic acids is 2. The number of terminal acetylenes is 1. The molecule has 5 nitrogen and oxygen atoms in total. The molecule has 0 spiro atoms. The quantitative estimate of drug-likeness (QED) is 0.595. The average molecular weight is 392 g/mol. The van der Waals surface area contributed by atoms with Crippen LogP contribution in [0.3, 0.4) is 0 Å². The van der Waals surface area contributed by atoms with Gasteiger partial charge in [-0.05, 0) is 11.6 Å². The lowest BCUT2D eigenvalue weighted by Crippen LogP contribution is -2.30. The molecule has 0 fully saturated rings. The highest BCUT2D eigenvalue weighted by molar-refractivity contribution is 7.18. The molecule has 1 N–H and O–H groups in total. The van der Waals surface area contributed by atoms with Crippen LogP contribution in [-0.2, 0) is 16.0 Å². The fourth-order valence-corrected chi connectivity index (χ4v) is 3.77. The van der Waals surface area contributed by atoms with Gasteiger partial charge in [0, 0.05) is 24.5 Å². The number of carbonyl (C=O) groups is 2. The number of methoxy groups -OCH3 is 1. The zero-order valence-electron chi connectivity index (χ0n) is 15.5. The van der Waals surface area contributed by atoms with Gasteiger partial charge in [-0.1, -0.05) is 30.3 Å². The Kier molecular flexibility index (Phi) is 6.41. The van der Waals surface area contributed by atoms with Gasteiger partial charge in [-0.3, -0.25) is 9.59 Å². The number of nitrogens with zero attached hydrogens (tertiary/aromatic N) is 1. The summed E-state index contributed by atoms with van der Waals surface area (Å²) in [5.74, 6) is 2.84. The summed E-state index contributed by atoms with van der Waals surface area (Å²) < 4.78 is 6.51. The molecule has 0 atom stereocenters. The Bertz CT molecular complexity index is 1040. The first kappa shape index (κ1) is 19.6. The maximum atomic E-state index is 12.1. The SMILES string of the molecule is C#CCCC(=O)CNC(=O)Cc1nc2cc(OC)c(-c3ccccc3)cc2s1. The molecule has 0 saturated carbocycles. The second-order valence-corrected chi connectivity index (χ2v) is 7.31. The van der Waals surface area contributed by atoms with Crippen LogP contribution in [0.25, 0.3) is 21.3 Å². The van der Waals surface area contributed by atoms with Crippen LogP contribution in [0.1, 0.15) is 17.8 Å². The van der Waals surface area contributed by atoms with E-state index in [4.69, 9.17) is 11.2 Å². The predicted molar refractivity (Wildman–Crippen MR) is 111 cm³/mol. The van der Waals surface area contributed by atoms with Crippen molar-refractivity contribution in [1.82, 2.24) is 10.3 Å². The number of fused-ring (bicyclic) bond motifs is 1. The van der Waals surface area contributed by atoms with Crippen molar-refractivity contribution in [1.29, 1.82) is 0 Å². The standard InChI is InChI=1S/C22H20N2O3S/c1-3-4-10-16(25)14-23-21(26)13-22-24-18-12-19(27-2)17(11-20(18)28-22)15-8-6-5-7-9-15/h1,5-9,11-12H,4,10,13-14H2,2H3,(H,23,26). The summed E-state index contributed by atoms with van der Waals surface area (Å²) in [6, 6.07) is 13.9. The average Bonchev–Trinajstić information content (AvgIpc) is 3.11. The molecule has 3 rings (SSSR count). The van der Waals surface area contributed by atoms with Gasteiger partial charge in [0.1, 0.15) is 10.8 Å². The third kappa shape index (κ3) is 4.76. The molecule has 1 amide bonds. The van der Waals surface area contributed by atoms with Crippen molar-refractivity contribution in [2.24, 2.45) is 0 Å². The van der Waals surface area contributed by atoms with Crippen LogP contribution >= 0.6 is 11.3 Å². The van der Waals surface area contributed by atoms with Gasteiger partial charge in [0.2, 0.25) is 5.91 Å². The Morgan fingerprint density at radius 1 is 1.25 bits per heavy atom. The molecule has 0 aliphatic heterocycles. The van der Waals surface area contributed by atoms with Crippen LogP contribution < -0.4 is 10.1 Å². The van der Waals surface area contributed by atoms with Crippen LogP contribution in [0, 0.1) is 12.3 Å². The Labute approximate surface area is 167 Å². The molecule has 0 aliphatic rings. The number of Topliss-reactive ketones (excluding diaryl/α,β-unsaturated/α-hetero) is 1. The highest BCUT2D eigenvalue weighted by Gasteiger charge is 2.14. The van der Waals surface area contributed by atoms with E-state index >= 15 is 0 Å². The Hall–Kier alpha value is -3.17. The minimum Gasteiger partial charge on any atom is -0.496 e. The number of thiazole rings is 1. The van der Waals surface area contributed by atoms with Gasteiger partial charge in [0.15, 0.2) is 5.78 Å². The monoisotopic (exact) mass is 392 g/mol. The highest BCUT2D eigenvalue weighted by atomic mass is 32.1. The number of aromatic nitrogens is 1. The summed E-state index contributed by atoms with van der Waals surface area (Å²) >= 11 is 1.46. The molecule has 0 aliphatic carbocycles. The van der Waals surface area contributed by atoms with E-state index in [-0.39, 0.29) is 31.1 Å². The normalized spacial score (nSPS) is 10.4. The van der Waals surface area contributed by atoms with E-state index in [1.54, 1.807) is 7.11 Å². The van der Waals surface area contributed by atoms with Gasteiger partial charge in [0.25, 0.3) is 0 Å². The number of benzene rings is 2. The predicted octanol–water partition coefficient (Wildman–Crippen LogP) is 3.61. The van der Waals surface area contributed by atoms with Crippen molar-refractivity contribution < 1.29 is 14.3 Å². The largest absolute Gasteiger partial charge is 0.496 e. The second kappa shape index (κ2) is 9.16. The summed E-state index contributed by atoms with van der Waals surface area (Å²) in [4.78, 5) is 28.3. The molecule has 3 aromatic rings. The fraction of sp³-hybridized carbons (Fsp3) is 0.227. The van der Waals surface area contributed by atoms with Crippen molar-refractivity contribution >= 4 is 33.2 Å². The Balaban J connectivity index is 1.74. The van der Waals surface area contributed by atoms with E-state index in [2.05, 4.69) is 16.2 Å².